The van der Waals surface area contributed by atoms with Crippen LogP contribution in [0.1, 0.15) is 482 Å². The third kappa shape index (κ3) is 62.6. The summed E-state index contributed by atoms with van der Waals surface area (Å²) in [6, 6.07) is 0. The molecule has 1 aliphatic rings. The van der Waals surface area contributed by atoms with E-state index in [1.54, 1.807) is 62.3 Å². The van der Waals surface area contributed by atoms with Crippen molar-refractivity contribution in [3.05, 3.63) is 0 Å². The quantitative estimate of drug-likeness (QED) is 0.113. The predicted molar refractivity (Wildman–Crippen MR) is 472 cm³/mol. The standard InChI is InChI=1S/C11H21F3.C10H19F3.C10H22.C9H17F.C9H20.2C8H15F3.C7H13F3.2C7H16.C6H14.C5H12/c1-7(2)9(8(3)4)10(5,6)11(12,13)14;1-5-8(6-2)9(4,7-3)10(11,12)13;1-7-10(6,8-2)9(3,4)5;1-8(2)4-6-9(3,10)7-5-8;1-6-8(7-2)9(3,4)5;1-5-7(4,6(2)3)8(9,10)11;1-4-6-7(3,5-2)8(9,10)11;1-4-6(3,5-2)7(8,9)10;1-6(2)7(3,4)5;1-5-6-7(2,3)4;1-5-6(2,3)4;1-5(2,3)4/h7-9H,1-6H3;8H,5-7H2,1-4H3;7-8H2,1-6H3;4-7H2,1-3H3;8H,6-7H2,1-5H3;6H,5H2,1-4H3;4-6H2,1-3H3;4-5H2,1-3H3;6H,1-5H3;5-6H2,1-4H3;5H2,1-4H3;1-4H3/t;9-;;;;2*7-;;;;;/m.0...00...../s1. The van der Waals surface area contributed by atoms with Gasteiger partial charge in [0.1, 0.15) is 5.67 Å². The molecule has 0 amide bonds. The highest BCUT2D eigenvalue weighted by molar-refractivity contribution is 4.91. The van der Waals surface area contributed by atoms with Gasteiger partial charge in [0, 0.05) is 0 Å². The topological polar surface area (TPSA) is 0 Å². The molecule has 1 fully saturated rings. The van der Waals surface area contributed by atoms with Crippen molar-refractivity contribution in [3.8, 4) is 0 Å². The molecule has 3 atom stereocenters. The van der Waals surface area contributed by atoms with E-state index in [9.17, 15) is 70.2 Å². The fourth-order valence-electron chi connectivity index (χ4n) is 12.2. The van der Waals surface area contributed by atoms with Crippen LogP contribution in [0.5, 0.6) is 0 Å². The number of hydrogen-bond donors (Lipinski definition) is 0. The number of alkyl halides is 16. The van der Waals surface area contributed by atoms with Gasteiger partial charge in [-0.25, -0.2) is 4.39 Å². The first-order valence-corrected chi connectivity index (χ1v) is 44.2. The molecule has 1 saturated carbocycles. The highest BCUT2D eigenvalue weighted by Crippen LogP contribution is 2.52. The zero-order valence-electron chi connectivity index (χ0n) is 84.7. The third-order valence-electron chi connectivity index (χ3n) is 25.5. The maximum Gasteiger partial charge on any atom is 0.394 e. The summed E-state index contributed by atoms with van der Waals surface area (Å²) in [7, 11) is 0. The summed E-state index contributed by atoms with van der Waals surface area (Å²) in [5, 5.41) is 0. The molecule has 0 aromatic carbocycles. The fourth-order valence-corrected chi connectivity index (χ4v) is 12.2. The van der Waals surface area contributed by atoms with Crippen molar-refractivity contribution >= 4 is 0 Å². The molecule has 0 aliphatic heterocycles. The molecule has 0 aromatic heterocycles. The van der Waals surface area contributed by atoms with Gasteiger partial charge in [-0.05, 0) is 162 Å². The monoisotopic (exact) mass is 1670 g/mol. The van der Waals surface area contributed by atoms with Crippen molar-refractivity contribution in [3.63, 3.8) is 0 Å². The van der Waals surface area contributed by atoms with Crippen LogP contribution in [0.15, 0.2) is 0 Å². The van der Waals surface area contributed by atoms with Crippen LogP contribution in [0, 0.1) is 112 Å². The zero-order valence-corrected chi connectivity index (χ0v) is 84.7. The van der Waals surface area contributed by atoms with Gasteiger partial charge in [-0.2, -0.15) is 65.9 Å². The van der Waals surface area contributed by atoms with Gasteiger partial charge >= 0.3 is 30.9 Å². The molecule has 0 aromatic rings. The van der Waals surface area contributed by atoms with Gasteiger partial charge in [-0.1, -0.05) is 404 Å². The van der Waals surface area contributed by atoms with Crippen molar-refractivity contribution in [1.82, 2.24) is 0 Å². The van der Waals surface area contributed by atoms with E-state index in [4.69, 9.17) is 0 Å². The smallest absolute Gasteiger partial charge is 0.244 e. The van der Waals surface area contributed by atoms with E-state index < -0.39 is 63.6 Å². The zero-order chi connectivity index (χ0) is 94.7. The first kappa shape index (κ1) is 135. The molecule has 1 rings (SSSR count). The summed E-state index contributed by atoms with van der Waals surface area (Å²) in [5.74, 6) is 0.857. The minimum atomic E-state index is -4.12. The highest BCUT2D eigenvalue weighted by atomic mass is 19.4. The van der Waals surface area contributed by atoms with E-state index in [1.165, 1.54) is 86.5 Å². The summed E-state index contributed by atoms with van der Waals surface area (Å²) >= 11 is 0. The largest absolute Gasteiger partial charge is 0.394 e. The van der Waals surface area contributed by atoms with E-state index in [2.05, 4.69) is 208 Å². The maximum atomic E-state index is 13.2. The summed E-state index contributed by atoms with van der Waals surface area (Å²) in [4.78, 5) is 0. The summed E-state index contributed by atoms with van der Waals surface area (Å²) in [5.41, 5.74) is -4.46. The Morgan fingerprint density at radius 2 is 0.540 bits per heavy atom. The molecule has 0 bridgehead atoms. The Kier molecular flexibility index (Phi) is 67.6. The van der Waals surface area contributed by atoms with E-state index in [0.29, 0.717) is 62.6 Å². The van der Waals surface area contributed by atoms with Gasteiger partial charge in [-0.15, -0.1) is 0 Å². The van der Waals surface area contributed by atoms with Crippen LogP contribution >= 0.6 is 0 Å². The maximum absolute atomic E-state index is 13.2. The molecule has 700 valence electrons. The van der Waals surface area contributed by atoms with Gasteiger partial charge < -0.3 is 0 Å². The molecule has 16 heteroatoms. The second-order valence-corrected chi connectivity index (χ2v) is 44.1. The van der Waals surface area contributed by atoms with Crippen LogP contribution in [0.2, 0.25) is 0 Å². The van der Waals surface area contributed by atoms with Gasteiger partial charge in [-0.3, -0.25) is 0 Å². The van der Waals surface area contributed by atoms with Gasteiger partial charge in [0.05, 0.1) is 27.1 Å². The molecule has 113 heavy (non-hydrogen) atoms. The minimum absolute atomic E-state index is 0.0478. The summed E-state index contributed by atoms with van der Waals surface area (Å²) in [6.45, 7) is 101. The van der Waals surface area contributed by atoms with Crippen LogP contribution < -0.4 is 0 Å². The Labute approximate surface area is 696 Å². The van der Waals surface area contributed by atoms with E-state index >= 15 is 0 Å². The van der Waals surface area contributed by atoms with Crippen LogP contribution in [0.3, 0.4) is 0 Å². The lowest BCUT2D eigenvalue weighted by Crippen LogP contribution is -2.43. The predicted octanol–water partition coefficient (Wildman–Crippen LogP) is 40.3. The number of halogens is 16. The van der Waals surface area contributed by atoms with Crippen molar-refractivity contribution in [1.29, 1.82) is 0 Å². The normalized spacial score (nSPS) is 16.2. The van der Waals surface area contributed by atoms with Crippen molar-refractivity contribution in [2.45, 2.75) is 518 Å². The van der Waals surface area contributed by atoms with Gasteiger partial charge in [0.15, 0.2) is 0 Å². The van der Waals surface area contributed by atoms with E-state index in [0.717, 1.165) is 37.5 Å². The average Bonchev–Trinajstić information content (AvgIpc) is 0.804. The lowest BCUT2D eigenvalue weighted by Gasteiger charge is -2.41. The van der Waals surface area contributed by atoms with Crippen molar-refractivity contribution in [2.24, 2.45) is 112 Å². The van der Waals surface area contributed by atoms with E-state index in [1.807, 2.05) is 41.5 Å². The third-order valence-corrected chi connectivity index (χ3v) is 25.5. The Balaban J connectivity index is -0.000000113. The molecule has 1 aliphatic carbocycles. The van der Waals surface area contributed by atoms with Crippen LogP contribution in [-0.2, 0) is 0 Å². The van der Waals surface area contributed by atoms with Crippen molar-refractivity contribution in [2.75, 3.05) is 0 Å². The van der Waals surface area contributed by atoms with Gasteiger partial charge in [0.2, 0.25) is 0 Å². The Bertz CT molecular complexity index is 2110. The Hall–Kier alpha value is -1.12. The molecule has 0 radical (unpaired) electrons. The molecular formula is C97H200F16. The van der Waals surface area contributed by atoms with Crippen LogP contribution in [0.25, 0.3) is 0 Å². The number of hydrogen-bond acceptors (Lipinski definition) is 0. The summed E-state index contributed by atoms with van der Waals surface area (Å²) < 4.78 is 200. The average molecular weight is 1670 g/mol. The van der Waals surface area contributed by atoms with Crippen LogP contribution in [-0.4, -0.2) is 36.6 Å². The Morgan fingerprint density at radius 3 is 0.593 bits per heavy atom. The van der Waals surface area contributed by atoms with Gasteiger partial charge in [0.25, 0.3) is 0 Å². The highest BCUT2D eigenvalue weighted by Gasteiger charge is 2.55. The molecule has 0 heterocycles. The second-order valence-electron chi connectivity index (χ2n) is 44.1. The fraction of sp³-hybridized carbons (Fsp3) is 1.00. The first-order chi connectivity index (χ1) is 49.2. The van der Waals surface area contributed by atoms with E-state index in [-0.39, 0.29) is 68.1 Å². The van der Waals surface area contributed by atoms with Crippen LogP contribution in [0.4, 0.5) is 70.2 Å². The van der Waals surface area contributed by atoms with Crippen molar-refractivity contribution < 1.29 is 70.2 Å². The number of rotatable bonds is 19. The molecule has 0 unspecified atom stereocenters. The lowest BCUT2D eigenvalue weighted by atomic mass is 9.65. The lowest BCUT2D eigenvalue weighted by molar-refractivity contribution is -0.240. The molecule has 0 N–H and O–H groups in total. The molecule has 0 spiro atoms. The summed E-state index contributed by atoms with van der Waals surface area (Å²) in [6.07, 6.45) is -4.82. The Morgan fingerprint density at radius 1 is 0.283 bits per heavy atom. The molecule has 0 saturated heterocycles. The second kappa shape index (κ2) is 56.5. The molecular weight excluding hydrogens is 1470 g/mol. The molecule has 0 nitrogen and oxygen atoms in total. The minimum Gasteiger partial charge on any atom is -0.244 e. The SMILES string of the molecule is CC(C)(C)C.CC(C)C(C(C)C)C(C)(C)C(F)(F)F.CC(C)C(C)(C)C.CC1(C)CCC(C)(F)CC1.CCC(C)(C)C.CCC(C)(CC)C(C)(C)C.CCC(C)(CC)C(F)(F)F.CCC(CC)C(C)(C)C.CCC(CC)[C@](C)(CC)C(F)(F)F.CCCC(C)(C)C.CCC[C@](C)(CC)C(F)(F)F.CC[C@@](C)(C(C)C)C(F)(F)F. The first-order valence-electron chi connectivity index (χ1n) is 44.2.